The number of aromatic nitrogens is 2. The van der Waals surface area contributed by atoms with Crippen molar-refractivity contribution in [2.75, 3.05) is 19.8 Å². The number of nitrogens with zero attached hydrogens (tertiary/aromatic N) is 3. The third-order valence-corrected chi connectivity index (χ3v) is 5.85. The van der Waals surface area contributed by atoms with Crippen molar-refractivity contribution in [1.29, 1.82) is 0 Å². The first-order chi connectivity index (χ1) is 13.2. The molecule has 4 rings (SSSR count). The maximum Gasteiger partial charge on any atom is 0.272 e. The summed E-state index contributed by atoms with van der Waals surface area (Å²) in [6.07, 6.45) is 9.78. The van der Waals surface area contributed by atoms with Crippen molar-refractivity contribution >= 4 is 17.9 Å². The molecule has 0 unspecified atom stereocenters. The third-order valence-electron chi connectivity index (χ3n) is 5.85. The molecule has 1 aliphatic heterocycles. The molecule has 7 heteroatoms. The van der Waals surface area contributed by atoms with Gasteiger partial charge in [0.1, 0.15) is 0 Å². The van der Waals surface area contributed by atoms with Gasteiger partial charge in [-0.3, -0.25) is 4.79 Å². The van der Waals surface area contributed by atoms with E-state index in [2.05, 4.69) is 22.0 Å². The summed E-state index contributed by atoms with van der Waals surface area (Å²) in [5, 5.41) is 7.73. The van der Waals surface area contributed by atoms with Crippen molar-refractivity contribution in [3.63, 3.8) is 0 Å². The normalized spacial score (nSPS) is 25.1. The molecule has 2 fully saturated rings. The molecule has 3 aliphatic rings. The van der Waals surface area contributed by atoms with Crippen molar-refractivity contribution in [3.8, 4) is 0 Å². The molecule has 3 N–H and O–H groups in total. The van der Waals surface area contributed by atoms with Crippen molar-refractivity contribution in [1.82, 2.24) is 15.1 Å². The number of allylic oxidation sites excluding steroid dienone is 1. The van der Waals surface area contributed by atoms with Crippen LogP contribution in [-0.4, -0.2) is 41.7 Å². The lowest BCUT2D eigenvalue weighted by molar-refractivity contribution is 0.0642. The largest absolute Gasteiger partial charge is 0.402 e. The van der Waals surface area contributed by atoms with Crippen LogP contribution in [0.4, 0.5) is 0 Å². The van der Waals surface area contributed by atoms with Gasteiger partial charge in [-0.1, -0.05) is 12.7 Å². The number of rotatable bonds is 6. The summed E-state index contributed by atoms with van der Waals surface area (Å²) >= 11 is 0. The van der Waals surface area contributed by atoms with E-state index in [0.29, 0.717) is 35.8 Å². The fourth-order valence-corrected chi connectivity index (χ4v) is 4.25. The second-order valence-electron chi connectivity index (χ2n) is 7.57. The van der Waals surface area contributed by atoms with Crippen LogP contribution in [0.5, 0.6) is 0 Å². The minimum absolute atomic E-state index is 0.0975. The van der Waals surface area contributed by atoms with Gasteiger partial charge in [0.25, 0.3) is 5.91 Å². The van der Waals surface area contributed by atoms with Gasteiger partial charge in [0, 0.05) is 43.7 Å². The molecule has 0 bridgehead atoms. The van der Waals surface area contributed by atoms with Gasteiger partial charge in [-0.25, -0.2) is 9.67 Å². The average molecular weight is 369 g/mol. The Bertz CT molecular complexity index is 789. The number of hydrogen-bond acceptors (Lipinski definition) is 5. The fourth-order valence-electron chi connectivity index (χ4n) is 4.25. The molecule has 0 radical (unpaired) electrons. The van der Waals surface area contributed by atoms with Gasteiger partial charge < -0.3 is 15.8 Å². The zero-order valence-corrected chi connectivity index (χ0v) is 15.6. The standard InChI is InChI=1S/C20H27N5O2/c1-2-7-22-17(11-21)25-19-15(4-3-14-10-16(14)19)18(24-25)20(26)23-12-13-5-8-27-9-6-13/h2,7,11,13-14,16H,1,3-6,8-10,12,21H2,(H,23,26)/b17-11+,22-7-/t14-,16+/m1/s1. The van der Waals surface area contributed by atoms with E-state index in [9.17, 15) is 4.79 Å². The van der Waals surface area contributed by atoms with Crippen LogP contribution in [0.25, 0.3) is 5.82 Å². The number of amides is 1. The lowest BCUT2D eigenvalue weighted by Crippen LogP contribution is -2.33. The van der Waals surface area contributed by atoms with Crippen LogP contribution in [0.2, 0.25) is 0 Å². The van der Waals surface area contributed by atoms with Crippen LogP contribution in [-0.2, 0) is 11.2 Å². The molecule has 1 amide bonds. The number of carbonyl (C=O) groups is 1. The Morgan fingerprint density at radius 3 is 2.96 bits per heavy atom. The topological polar surface area (TPSA) is 94.5 Å². The number of nitrogens with one attached hydrogen (secondary N) is 1. The van der Waals surface area contributed by atoms with E-state index in [4.69, 9.17) is 10.5 Å². The van der Waals surface area contributed by atoms with Crippen LogP contribution in [0.1, 0.15) is 53.3 Å². The molecule has 2 atom stereocenters. The highest BCUT2D eigenvalue weighted by molar-refractivity contribution is 5.94. The smallest absolute Gasteiger partial charge is 0.272 e. The predicted octanol–water partition coefficient (Wildman–Crippen LogP) is 2.06. The molecule has 144 valence electrons. The minimum atomic E-state index is -0.0975. The highest BCUT2D eigenvalue weighted by Crippen LogP contribution is 2.55. The van der Waals surface area contributed by atoms with Gasteiger partial charge in [0.2, 0.25) is 0 Å². The molecule has 2 aliphatic carbocycles. The Morgan fingerprint density at radius 2 is 2.22 bits per heavy atom. The molecule has 2 heterocycles. The molecule has 1 aromatic heterocycles. The van der Waals surface area contributed by atoms with E-state index in [1.165, 1.54) is 6.20 Å². The second kappa shape index (κ2) is 7.68. The van der Waals surface area contributed by atoms with Crippen molar-refractivity contribution in [2.24, 2.45) is 22.6 Å². The summed E-state index contributed by atoms with van der Waals surface area (Å²) in [5.41, 5.74) is 8.49. The Morgan fingerprint density at radius 1 is 1.41 bits per heavy atom. The van der Waals surface area contributed by atoms with E-state index in [1.807, 2.05) is 0 Å². The Hall–Kier alpha value is -2.41. The number of hydrogen-bond donors (Lipinski definition) is 2. The first-order valence-electron chi connectivity index (χ1n) is 9.78. The summed E-state index contributed by atoms with van der Waals surface area (Å²) in [6.45, 7) is 5.88. The van der Waals surface area contributed by atoms with Gasteiger partial charge in [-0.2, -0.15) is 5.10 Å². The average Bonchev–Trinajstić information content (AvgIpc) is 3.40. The summed E-state index contributed by atoms with van der Waals surface area (Å²) in [6, 6.07) is 0. The zero-order valence-electron chi connectivity index (χ0n) is 15.6. The molecule has 1 aromatic rings. The molecule has 0 aromatic carbocycles. The van der Waals surface area contributed by atoms with Gasteiger partial charge in [-0.05, 0) is 43.9 Å². The maximum atomic E-state index is 12.9. The van der Waals surface area contributed by atoms with E-state index in [-0.39, 0.29) is 5.91 Å². The number of fused-ring (bicyclic) bond motifs is 3. The molecule has 27 heavy (non-hydrogen) atoms. The van der Waals surface area contributed by atoms with Crippen LogP contribution in [0.15, 0.2) is 23.8 Å². The highest BCUT2D eigenvalue weighted by Gasteiger charge is 2.47. The Balaban J connectivity index is 1.59. The summed E-state index contributed by atoms with van der Waals surface area (Å²) in [4.78, 5) is 17.2. The van der Waals surface area contributed by atoms with Crippen LogP contribution in [0.3, 0.4) is 0 Å². The zero-order chi connectivity index (χ0) is 18.8. The first kappa shape index (κ1) is 18.0. The van der Waals surface area contributed by atoms with Crippen LogP contribution in [0, 0.1) is 11.8 Å². The highest BCUT2D eigenvalue weighted by atomic mass is 16.5. The number of aliphatic imine (C=N–C) groups is 1. The Kier molecular flexibility index (Phi) is 5.11. The first-order valence-corrected chi connectivity index (χ1v) is 9.78. The summed E-state index contributed by atoms with van der Waals surface area (Å²) < 4.78 is 7.16. The van der Waals surface area contributed by atoms with E-state index >= 15 is 0 Å². The van der Waals surface area contributed by atoms with Gasteiger partial charge in [0.05, 0.1) is 5.69 Å². The summed E-state index contributed by atoms with van der Waals surface area (Å²) in [7, 11) is 0. The van der Waals surface area contributed by atoms with Gasteiger partial charge in [-0.15, -0.1) is 0 Å². The van der Waals surface area contributed by atoms with Crippen LogP contribution >= 0.6 is 0 Å². The predicted molar refractivity (Wildman–Crippen MR) is 104 cm³/mol. The van der Waals surface area contributed by atoms with E-state index in [0.717, 1.165) is 56.6 Å². The molecular formula is C20H27N5O2. The monoisotopic (exact) mass is 369 g/mol. The number of carbonyl (C=O) groups excluding carboxylic acids is 1. The molecule has 7 nitrogen and oxygen atoms in total. The molecule has 1 saturated heterocycles. The Labute approximate surface area is 159 Å². The second-order valence-corrected chi connectivity index (χ2v) is 7.57. The molecule has 0 spiro atoms. The number of ether oxygens (including phenoxy) is 1. The third kappa shape index (κ3) is 3.56. The van der Waals surface area contributed by atoms with E-state index < -0.39 is 0 Å². The van der Waals surface area contributed by atoms with Gasteiger partial charge in [0.15, 0.2) is 11.5 Å². The fraction of sp³-hybridized carbons (Fsp3) is 0.550. The van der Waals surface area contributed by atoms with Gasteiger partial charge >= 0.3 is 0 Å². The number of nitrogens with two attached hydrogens (primary N) is 1. The minimum Gasteiger partial charge on any atom is -0.402 e. The maximum absolute atomic E-state index is 12.9. The molecular weight excluding hydrogens is 342 g/mol. The van der Waals surface area contributed by atoms with Crippen LogP contribution < -0.4 is 11.1 Å². The molecule has 1 saturated carbocycles. The van der Waals surface area contributed by atoms with Crippen molar-refractivity contribution in [2.45, 2.75) is 38.0 Å². The summed E-state index contributed by atoms with van der Waals surface area (Å²) in [5.74, 6) is 2.08. The van der Waals surface area contributed by atoms with Crippen molar-refractivity contribution < 1.29 is 9.53 Å². The van der Waals surface area contributed by atoms with E-state index in [1.54, 1.807) is 17.0 Å². The lowest BCUT2D eigenvalue weighted by atomic mass is 9.95. The van der Waals surface area contributed by atoms with Crippen molar-refractivity contribution in [3.05, 3.63) is 35.8 Å². The SMILES string of the molecule is C=C/C=N\C(=C/N)n1nc(C(=O)NCC2CCOCC2)c2c1[C@H]1C[C@H]1CC2. The lowest BCUT2D eigenvalue weighted by Gasteiger charge is -2.22. The quantitative estimate of drug-likeness (QED) is 0.751.